The Morgan fingerprint density at radius 2 is 1.51 bits per heavy atom. The second-order valence-electron chi connectivity index (χ2n) is 9.01. The molecular formula is C28H29N5O9S. The minimum absolute atomic E-state index is 0.0125. The zero-order valence-electron chi connectivity index (χ0n) is 23.1. The van der Waals surface area contributed by atoms with Crippen LogP contribution in [0.15, 0.2) is 79.9 Å². The van der Waals surface area contributed by atoms with E-state index in [-0.39, 0.29) is 48.6 Å². The average Bonchev–Trinajstić information content (AvgIpc) is 2.97. The van der Waals surface area contributed by atoms with Crippen LogP contribution < -0.4 is 19.9 Å². The van der Waals surface area contributed by atoms with Gasteiger partial charge in [-0.2, -0.15) is 13.5 Å². The number of nitrogens with two attached hydrogens (primary N) is 1. The molecule has 4 aromatic rings. The molecule has 0 spiro atoms. The summed E-state index contributed by atoms with van der Waals surface area (Å²) >= 11 is 0. The van der Waals surface area contributed by atoms with Gasteiger partial charge < -0.3 is 35.3 Å². The molecule has 0 aliphatic rings. The van der Waals surface area contributed by atoms with E-state index >= 15 is 0 Å². The van der Waals surface area contributed by atoms with E-state index in [4.69, 9.17) is 30.2 Å². The van der Waals surface area contributed by atoms with Crippen LogP contribution in [0.25, 0.3) is 10.8 Å². The van der Waals surface area contributed by atoms with Crippen LogP contribution >= 0.6 is 0 Å². The van der Waals surface area contributed by atoms with Gasteiger partial charge in [-0.25, -0.2) is 0 Å². The van der Waals surface area contributed by atoms with Gasteiger partial charge in [0.2, 0.25) is 0 Å². The van der Waals surface area contributed by atoms with Crippen molar-refractivity contribution in [2.45, 2.75) is 11.8 Å². The highest BCUT2D eigenvalue weighted by Gasteiger charge is 2.22. The van der Waals surface area contributed by atoms with Crippen LogP contribution in [0.3, 0.4) is 0 Å². The second kappa shape index (κ2) is 13.4. The number of azo groups is 2. The Labute approximate surface area is 246 Å². The fourth-order valence-corrected chi connectivity index (χ4v) is 4.65. The van der Waals surface area contributed by atoms with Gasteiger partial charge in [-0.05, 0) is 60.3 Å². The summed E-state index contributed by atoms with van der Waals surface area (Å²) < 4.78 is 50.5. The number of ether oxygens (including phenoxy) is 3. The number of nitrogens with zero attached hydrogens (tertiary/aromatic N) is 4. The monoisotopic (exact) mass is 611 g/mol. The summed E-state index contributed by atoms with van der Waals surface area (Å²) in [6, 6.07) is 13.5. The first kappa shape index (κ1) is 31.1. The summed E-state index contributed by atoms with van der Waals surface area (Å²) in [7, 11) is -3.42. The molecular weight excluding hydrogens is 582 g/mol. The minimum Gasteiger partial charge on any atom is -0.505 e. The maximum atomic E-state index is 12.1. The van der Waals surface area contributed by atoms with E-state index in [1.807, 2.05) is 0 Å². The lowest BCUT2D eigenvalue weighted by Gasteiger charge is -2.11. The summed E-state index contributed by atoms with van der Waals surface area (Å²) in [5.74, 6) is 0.430. The molecule has 0 atom stereocenters. The molecule has 0 aromatic heterocycles. The van der Waals surface area contributed by atoms with Crippen LogP contribution in [0.1, 0.15) is 5.56 Å². The lowest BCUT2D eigenvalue weighted by Crippen LogP contribution is -2.04. The van der Waals surface area contributed by atoms with Crippen molar-refractivity contribution in [2.75, 3.05) is 39.3 Å². The van der Waals surface area contributed by atoms with Crippen molar-refractivity contribution in [3.8, 4) is 23.0 Å². The van der Waals surface area contributed by atoms with Crippen molar-refractivity contribution in [1.82, 2.24) is 0 Å². The fourth-order valence-electron chi connectivity index (χ4n) is 3.99. The first-order valence-corrected chi connectivity index (χ1v) is 14.2. The number of phenolic OH excluding ortho intramolecular Hbond substituents is 1. The quantitative estimate of drug-likeness (QED) is 0.0794. The number of rotatable bonds is 12. The molecule has 0 radical (unpaired) electrons. The van der Waals surface area contributed by atoms with E-state index in [0.717, 1.165) is 6.07 Å². The van der Waals surface area contributed by atoms with Crippen LogP contribution in [0, 0.1) is 6.92 Å². The van der Waals surface area contributed by atoms with E-state index in [0.29, 0.717) is 34.1 Å². The number of benzene rings is 4. The molecule has 6 N–H and O–H groups in total. The van der Waals surface area contributed by atoms with E-state index in [9.17, 15) is 18.1 Å². The van der Waals surface area contributed by atoms with Crippen molar-refractivity contribution in [3.63, 3.8) is 0 Å². The Morgan fingerprint density at radius 3 is 2.21 bits per heavy atom. The number of aliphatic hydroxyl groups is 2. The molecule has 4 aromatic carbocycles. The molecule has 0 heterocycles. The topological polar surface area (TPSA) is 218 Å². The number of hydrogen-bond acceptors (Lipinski definition) is 13. The van der Waals surface area contributed by atoms with Gasteiger partial charge in [0, 0.05) is 23.2 Å². The molecule has 0 saturated carbocycles. The number of aromatic hydroxyl groups is 1. The van der Waals surface area contributed by atoms with E-state index in [1.165, 1.54) is 31.4 Å². The molecule has 0 fully saturated rings. The van der Waals surface area contributed by atoms with Gasteiger partial charge in [-0.1, -0.05) is 0 Å². The molecule has 0 amide bonds. The number of fused-ring (bicyclic) bond motifs is 1. The number of anilines is 1. The Balaban J connectivity index is 1.70. The minimum atomic E-state index is -4.80. The van der Waals surface area contributed by atoms with Crippen LogP contribution in [-0.2, 0) is 10.1 Å². The Bertz CT molecular complexity index is 1810. The third-order valence-corrected chi connectivity index (χ3v) is 6.88. The van der Waals surface area contributed by atoms with Crippen molar-refractivity contribution < 1.29 is 42.5 Å². The van der Waals surface area contributed by atoms with E-state index in [1.54, 1.807) is 31.2 Å². The van der Waals surface area contributed by atoms with Gasteiger partial charge in [-0.3, -0.25) is 4.55 Å². The largest absolute Gasteiger partial charge is 0.505 e. The number of methoxy groups -OCH3 is 1. The van der Waals surface area contributed by atoms with Crippen molar-refractivity contribution in [2.24, 2.45) is 20.5 Å². The van der Waals surface area contributed by atoms with Crippen molar-refractivity contribution in [1.29, 1.82) is 0 Å². The third-order valence-electron chi connectivity index (χ3n) is 6.01. The first-order valence-electron chi connectivity index (χ1n) is 12.7. The van der Waals surface area contributed by atoms with E-state index in [2.05, 4.69) is 20.5 Å². The SMILES string of the molecule is COc1cc(N=Nc2ccc(OCCO)cc2OCCO)c(C)cc1N=Nc1c(S(=O)(=O)O)cc2cc(N)ccc2c1O. The zero-order chi connectivity index (χ0) is 31.1. The molecule has 0 saturated heterocycles. The highest BCUT2D eigenvalue weighted by atomic mass is 32.2. The predicted molar refractivity (Wildman–Crippen MR) is 158 cm³/mol. The third kappa shape index (κ3) is 7.34. The smallest absolute Gasteiger partial charge is 0.296 e. The molecule has 0 aliphatic carbocycles. The Kier molecular flexibility index (Phi) is 9.72. The van der Waals surface area contributed by atoms with Crippen LogP contribution in [-0.4, -0.2) is 61.8 Å². The first-order chi connectivity index (χ1) is 20.5. The zero-order valence-corrected chi connectivity index (χ0v) is 23.9. The van der Waals surface area contributed by atoms with Crippen molar-refractivity contribution in [3.05, 3.63) is 60.2 Å². The average molecular weight is 612 g/mol. The number of aryl methyl sites for hydroxylation is 1. The fraction of sp³-hybridized carbons (Fsp3) is 0.214. The predicted octanol–water partition coefficient (Wildman–Crippen LogP) is 5.26. The Hall–Kier alpha value is -4.83. The van der Waals surface area contributed by atoms with Gasteiger partial charge >= 0.3 is 0 Å². The molecule has 0 unspecified atom stereocenters. The van der Waals surface area contributed by atoms with Gasteiger partial charge in [0.25, 0.3) is 10.1 Å². The maximum Gasteiger partial charge on any atom is 0.296 e. The van der Waals surface area contributed by atoms with Gasteiger partial charge in [0.05, 0.1) is 26.0 Å². The number of aliphatic hydroxyl groups excluding tert-OH is 2. The Morgan fingerprint density at radius 1 is 0.814 bits per heavy atom. The molecule has 0 aliphatic heterocycles. The summed E-state index contributed by atoms with van der Waals surface area (Å²) in [6.07, 6.45) is 0. The molecule has 0 bridgehead atoms. The highest BCUT2D eigenvalue weighted by molar-refractivity contribution is 7.86. The number of phenols is 1. The van der Waals surface area contributed by atoms with Crippen LogP contribution in [0.5, 0.6) is 23.0 Å². The molecule has 15 heteroatoms. The summed E-state index contributed by atoms with van der Waals surface area (Å²) in [4.78, 5) is -0.653. The van der Waals surface area contributed by atoms with Crippen molar-refractivity contribution >= 4 is 49.3 Å². The van der Waals surface area contributed by atoms with Crippen LogP contribution in [0.2, 0.25) is 0 Å². The standard InChI is InChI=1S/C28H29N5O9S/c1-16-11-23(32-33-27-26(43(37,38)39)13-17-12-18(29)3-5-20(17)28(27)36)24(40-2)15-22(16)31-30-21-6-4-19(41-9-7-34)14-25(21)42-10-8-35/h3-6,11-15,34-36H,7-10,29H2,1-2H3,(H,37,38,39). The maximum absolute atomic E-state index is 12.1. The summed E-state index contributed by atoms with van der Waals surface area (Å²) in [5.41, 5.74) is 7.15. The normalized spacial score (nSPS) is 11.9. The summed E-state index contributed by atoms with van der Waals surface area (Å²) in [5, 5.41) is 46.1. The van der Waals surface area contributed by atoms with Gasteiger partial charge in [0.1, 0.15) is 46.7 Å². The van der Waals surface area contributed by atoms with Gasteiger partial charge in [0.15, 0.2) is 11.5 Å². The molecule has 226 valence electrons. The molecule has 43 heavy (non-hydrogen) atoms. The van der Waals surface area contributed by atoms with Crippen LogP contribution in [0.4, 0.5) is 28.4 Å². The lowest BCUT2D eigenvalue weighted by molar-refractivity contribution is 0.195. The van der Waals surface area contributed by atoms with Gasteiger partial charge in [-0.15, -0.1) is 15.3 Å². The second-order valence-corrected chi connectivity index (χ2v) is 10.4. The molecule has 14 nitrogen and oxygen atoms in total. The number of nitrogen functional groups attached to an aromatic ring is 1. The van der Waals surface area contributed by atoms with E-state index < -0.39 is 26.5 Å². The highest BCUT2D eigenvalue weighted by Crippen LogP contribution is 2.43. The summed E-state index contributed by atoms with van der Waals surface area (Å²) in [6.45, 7) is 1.45. The number of hydrogen-bond donors (Lipinski definition) is 5. The lowest BCUT2D eigenvalue weighted by atomic mass is 10.1. The molecule has 4 rings (SSSR count).